The molecule has 0 bridgehead atoms. The number of Topliss-reactive ketones (excluding diaryl/α,β-unsaturated/α-hetero) is 2. The molecule has 0 saturated heterocycles. The van der Waals surface area contributed by atoms with Crippen molar-refractivity contribution >= 4 is 62.8 Å². The van der Waals surface area contributed by atoms with Crippen molar-refractivity contribution < 1.29 is 94.3 Å². The molecule has 6 unspecified atom stereocenters. The van der Waals surface area contributed by atoms with E-state index >= 15 is 0 Å². The fourth-order valence-electron chi connectivity index (χ4n) is 13.5. The average molecular weight is 1660 g/mol. The zero-order valence-corrected chi connectivity index (χ0v) is 74.7. The molecule has 0 heterocycles. The molecule has 6 N–H and O–H groups in total. The Balaban J connectivity index is 5.45. The molecule has 26 heteroatoms. The molecule has 0 aromatic rings. The summed E-state index contributed by atoms with van der Waals surface area (Å²) in [4.78, 5) is 125. The lowest BCUT2D eigenvalue weighted by Crippen LogP contribution is -2.42. The largest absolute Gasteiger partial charge is 0.472 e. The number of rotatable bonds is 89. The summed E-state index contributed by atoms with van der Waals surface area (Å²) in [5.41, 5.74) is 0. The van der Waals surface area contributed by atoms with Crippen LogP contribution in [0.15, 0.2) is 0 Å². The number of esters is 2. The molecule has 0 aromatic heterocycles. The van der Waals surface area contributed by atoms with Crippen LogP contribution in [-0.4, -0.2) is 147 Å². The summed E-state index contributed by atoms with van der Waals surface area (Å²) in [6, 6.07) is -1.90. The summed E-state index contributed by atoms with van der Waals surface area (Å²) in [6.45, 7) is 11.1. The summed E-state index contributed by atoms with van der Waals surface area (Å²) >= 11 is 0. The van der Waals surface area contributed by atoms with Crippen LogP contribution in [0.2, 0.25) is 0 Å². The molecule has 0 aliphatic rings. The minimum absolute atomic E-state index is 0.0239. The second-order valence-corrected chi connectivity index (χ2v) is 34.6. The molecule has 0 aromatic carbocycles. The van der Waals surface area contributed by atoms with Crippen molar-refractivity contribution in [3.63, 3.8) is 0 Å². The Kier molecular flexibility index (Phi) is 77.8. The van der Waals surface area contributed by atoms with Gasteiger partial charge in [0, 0.05) is 64.5 Å². The van der Waals surface area contributed by atoms with E-state index in [2.05, 4.69) is 62.8 Å². The predicted molar refractivity (Wildman–Crippen MR) is 456 cm³/mol. The number of nitrogens with one attached hydrogen (secondary N) is 4. The molecule has 4 amide bonds. The van der Waals surface area contributed by atoms with E-state index < -0.39 is 77.8 Å². The normalized spacial score (nSPS) is 13.6. The molecule has 0 aliphatic heterocycles. The number of unbranched alkanes of at least 4 members (excludes halogenated alkanes) is 41. The van der Waals surface area contributed by atoms with E-state index in [0.717, 1.165) is 141 Å². The summed E-state index contributed by atoms with van der Waals surface area (Å²) in [5.74, 6) is -2.83. The zero-order valence-electron chi connectivity index (χ0n) is 72.9. The lowest BCUT2D eigenvalue weighted by atomic mass is 10.0. The number of ketones is 2. The molecule has 114 heavy (non-hydrogen) atoms. The summed E-state index contributed by atoms with van der Waals surface area (Å²) in [7, 11) is -9.48. The van der Waals surface area contributed by atoms with Crippen molar-refractivity contribution in [2.75, 3.05) is 65.9 Å². The van der Waals surface area contributed by atoms with Gasteiger partial charge in [0.25, 0.3) is 0 Å². The first kappa shape index (κ1) is 110. The van der Waals surface area contributed by atoms with Gasteiger partial charge in [0.15, 0.2) is 0 Å². The number of ether oxygens (including phenoxy) is 4. The minimum Gasteiger partial charge on any atom is -0.462 e. The SMILES string of the molecule is CCCCCCCCCCCC(=O)CC(=O)NC(COCCC(CCCCCCC)OC(=O)CCCCCCCCCCC)COP(=O)(O)OCCNC(=O)CCCCC(=O)NCCOP(=O)(O)OCC(COCCC(CCCCCCC)OC(=O)CCCCCCCCCCC)NC(=O)CC(=O)CCCCCCCCCCC. The standard InChI is InChI=1S/C88H168N4O20P2/c1-7-13-19-25-29-33-37-43-47-55-79(93)71-85(97)91-77(73-105-67-63-81(57-49-41-23-17-11-5)111-87(99)61-51-45-39-35-31-27-21-15-9-3)75-109-113(101,102)107-69-65-89-83(95)59-53-54-60-84(96)90-66-70-108-114(103,104)110-76-78(92-86(98)72-80(94)56-48-44-38-34-30-26-20-14-8-2)74-106-68-64-82(58-50-42-24-18-12-6)112-88(100)62-52-46-40-36-32-28-22-16-10-4/h77-78,81-82H,7-76H2,1-6H3,(H,89,95)(H,90,96)(H,91,97)(H,92,98)(H,101,102)(H,103,104). The maximum Gasteiger partial charge on any atom is 0.472 e. The number of phosphoric acid groups is 2. The van der Waals surface area contributed by atoms with Crippen molar-refractivity contribution in [3.8, 4) is 0 Å². The van der Waals surface area contributed by atoms with Crippen LogP contribution in [0.1, 0.15) is 427 Å². The van der Waals surface area contributed by atoms with E-state index in [1.54, 1.807) is 0 Å². The first-order chi connectivity index (χ1) is 55.2. The molecule has 24 nitrogen and oxygen atoms in total. The van der Waals surface area contributed by atoms with Gasteiger partial charge in [0.1, 0.15) is 23.8 Å². The fourth-order valence-corrected chi connectivity index (χ4v) is 15.1. The topological polar surface area (TPSA) is 333 Å². The highest BCUT2D eigenvalue weighted by atomic mass is 31.2. The minimum atomic E-state index is -4.74. The summed E-state index contributed by atoms with van der Waals surface area (Å²) in [6.07, 6.45) is 53.3. The third-order valence-corrected chi connectivity index (χ3v) is 22.5. The van der Waals surface area contributed by atoms with E-state index in [1.165, 1.54) is 141 Å². The number of phosphoric ester groups is 2. The van der Waals surface area contributed by atoms with E-state index in [-0.39, 0.29) is 114 Å². The molecule has 0 radical (unpaired) electrons. The molecule has 6 atom stereocenters. The van der Waals surface area contributed by atoms with Crippen molar-refractivity contribution in [3.05, 3.63) is 0 Å². The highest BCUT2D eigenvalue weighted by Crippen LogP contribution is 2.44. The van der Waals surface area contributed by atoms with Gasteiger partial charge < -0.3 is 50.0 Å². The zero-order chi connectivity index (χ0) is 83.9. The molecule has 0 aliphatic carbocycles. The molecule has 0 spiro atoms. The Hall–Kier alpha value is -3.70. The maximum atomic E-state index is 13.3. The van der Waals surface area contributed by atoms with Crippen LogP contribution in [0.3, 0.4) is 0 Å². The predicted octanol–water partition coefficient (Wildman–Crippen LogP) is 21.0. The molecule has 0 fully saturated rings. The van der Waals surface area contributed by atoms with Gasteiger partial charge in [-0.1, -0.05) is 298 Å². The van der Waals surface area contributed by atoms with Gasteiger partial charge in [-0.05, 0) is 64.2 Å². The first-order valence-electron chi connectivity index (χ1n) is 46.1. The quantitative estimate of drug-likeness (QED) is 0.0143. The van der Waals surface area contributed by atoms with Gasteiger partial charge >= 0.3 is 27.6 Å². The highest BCUT2D eigenvalue weighted by molar-refractivity contribution is 7.47. The Morgan fingerprint density at radius 2 is 0.535 bits per heavy atom. The third-order valence-electron chi connectivity index (χ3n) is 20.5. The van der Waals surface area contributed by atoms with Gasteiger partial charge in [-0.25, -0.2) is 9.13 Å². The third kappa shape index (κ3) is 76.9. The number of hydrogen-bond acceptors (Lipinski definition) is 18. The van der Waals surface area contributed by atoms with Crippen LogP contribution in [0.25, 0.3) is 0 Å². The van der Waals surface area contributed by atoms with Crippen molar-refractivity contribution in [1.29, 1.82) is 0 Å². The van der Waals surface area contributed by atoms with Gasteiger partial charge in [-0.15, -0.1) is 0 Å². The lowest BCUT2D eigenvalue weighted by Gasteiger charge is -2.22. The maximum absolute atomic E-state index is 13.3. The lowest BCUT2D eigenvalue weighted by molar-refractivity contribution is -0.151. The number of hydrogen-bond donors (Lipinski definition) is 6. The average Bonchev–Trinajstić information content (AvgIpc) is 0.912. The van der Waals surface area contributed by atoms with Crippen LogP contribution in [0, 0.1) is 0 Å². The number of amides is 4. The number of carbonyl (C=O) groups is 8. The molecule has 0 rings (SSSR count). The Bertz CT molecular complexity index is 2290. The molecule has 0 saturated carbocycles. The van der Waals surface area contributed by atoms with Gasteiger partial charge in [-0.3, -0.25) is 56.5 Å². The Labute approximate surface area is 692 Å². The smallest absolute Gasteiger partial charge is 0.462 e. The van der Waals surface area contributed by atoms with Gasteiger partial charge in [-0.2, -0.15) is 0 Å². The van der Waals surface area contributed by atoms with Crippen molar-refractivity contribution in [1.82, 2.24) is 21.3 Å². The van der Waals surface area contributed by atoms with Crippen LogP contribution in [0.4, 0.5) is 0 Å². The second-order valence-electron chi connectivity index (χ2n) is 31.7. The monoisotopic (exact) mass is 1660 g/mol. The van der Waals surface area contributed by atoms with Gasteiger partial charge in [0.05, 0.1) is 77.8 Å². The number of carbonyl (C=O) groups excluding carboxylic acids is 8. The van der Waals surface area contributed by atoms with E-state index in [0.29, 0.717) is 64.2 Å². The van der Waals surface area contributed by atoms with Crippen molar-refractivity contribution in [2.24, 2.45) is 0 Å². The van der Waals surface area contributed by atoms with Gasteiger partial charge in [0.2, 0.25) is 23.6 Å². The van der Waals surface area contributed by atoms with E-state index in [9.17, 15) is 57.3 Å². The molecule has 670 valence electrons. The fraction of sp³-hybridized carbons (Fsp3) is 0.909. The van der Waals surface area contributed by atoms with E-state index in [1.807, 2.05) is 0 Å². The van der Waals surface area contributed by atoms with E-state index in [4.69, 9.17) is 37.0 Å². The van der Waals surface area contributed by atoms with Crippen LogP contribution >= 0.6 is 15.6 Å². The Morgan fingerprint density at radius 3 is 0.825 bits per heavy atom. The van der Waals surface area contributed by atoms with Crippen LogP contribution in [0.5, 0.6) is 0 Å². The van der Waals surface area contributed by atoms with Crippen LogP contribution in [-0.2, 0) is 84.5 Å². The van der Waals surface area contributed by atoms with Crippen LogP contribution < -0.4 is 21.3 Å². The highest BCUT2D eigenvalue weighted by Gasteiger charge is 2.28. The van der Waals surface area contributed by atoms with Crippen molar-refractivity contribution in [2.45, 2.75) is 451 Å². The Morgan fingerprint density at radius 1 is 0.281 bits per heavy atom. The first-order valence-corrected chi connectivity index (χ1v) is 49.1. The second kappa shape index (κ2) is 80.4. The molecular formula is C88H168N4O20P2. The molecular weight excluding hydrogens is 1490 g/mol. The summed E-state index contributed by atoms with van der Waals surface area (Å²) < 4.78 is 71.2. The summed E-state index contributed by atoms with van der Waals surface area (Å²) in [5, 5.41) is 10.7.